The van der Waals surface area contributed by atoms with Gasteiger partial charge in [-0.1, -0.05) is 13.3 Å². The molecule has 1 saturated heterocycles. The fraction of sp³-hybridized carbons (Fsp3) is 0.417. The normalized spacial score (nSPS) is 15.4. The molecule has 3 amide bonds. The minimum Gasteiger partial charge on any atom is -0.467 e. The molecule has 1 aliphatic heterocycles. The van der Waals surface area contributed by atoms with E-state index in [-0.39, 0.29) is 37.2 Å². The first kappa shape index (κ1) is 24.8. The minimum absolute atomic E-state index is 0.0568. The van der Waals surface area contributed by atoms with Gasteiger partial charge in [-0.25, -0.2) is 0 Å². The molecule has 1 unspecified atom stereocenters. The van der Waals surface area contributed by atoms with E-state index in [1.807, 2.05) is 6.92 Å². The lowest BCUT2D eigenvalue weighted by Gasteiger charge is -2.34. The third-order valence-electron chi connectivity index (χ3n) is 5.37. The summed E-state index contributed by atoms with van der Waals surface area (Å²) in [7, 11) is 0. The quantitative estimate of drug-likeness (QED) is 0.336. The van der Waals surface area contributed by atoms with Crippen molar-refractivity contribution in [3.8, 4) is 0 Å². The number of unbranched alkanes of at least 4 members (excludes halogenated alkanes) is 1. The summed E-state index contributed by atoms with van der Waals surface area (Å²) in [4.78, 5) is 50.8. The maximum absolute atomic E-state index is 12.8. The largest absolute Gasteiger partial charge is 0.467 e. The standard InChI is InChI=1S/C24H30N4O6/c1-2-3-12-34-22(30)14-20-24(32)25-10-11-28(20)21(29)16-26-18-8-6-17(7-9-18)23(31)27-15-19-5-4-13-33-19/h4-9,13,20,26H,2-3,10-12,14-16H2,1H3,(H,25,32)(H,27,31). The van der Waals surface area contributed by atoms with Gasteiger partial charge in [0.05, 0.1) is 32.4 Å². The second-order valence-corrected chi connectivity index (χ2v) is 7.87. The van der Waals surface area contributed by atoms with E-state index in [2.05, 4.69) is 16.0 Å². The van der Waals surface area contributed by atoms with Crippen molar-refractivity contribution in [2.45, 2.75) is 38.8 Å². The highest BCUT2D eigenvalue weighted by Crippen LogP contribution is 2.13. The third-order valence-corrected chi connectivity index (χ3v) is 5.37. The highest BCUT2D eigenvalue weighted by molar-refractivity contribution is 5.95. The molecule has 0 bridgehead atoms. The smallest absolute Gasteiger partial charge is 0.308 e. The van der Waals surface area contributed by atoms with Gasteiger partial charge in [-0.3, -0.25) is 19.2 Å². The molecule has 1 aromatic heterocycles. The number of carbonyl (C=O) groups is 4. The van der Waals surface area contributed by atoms with Crippen LogP contribution >= 0.6 is 0 Å². The molecule has 1 fully saturated rings. The van der Waals surface area contributed by atoms with Crippen LogP contribution in [0.15, 0.2) is 47.1 Å². The molecule has 1 aliphatic rings. The molecule has 10 nitrogen and oxygen atoms in total. The van der Waals surface area contributed by atoms with Crippen LogP contribution in [-0.2, 0) is 25.7 Å². The predicted molar refractivity (Wildman–Crippen MR) is 124 cm³/mol. The molecule has 0 aliphatic carbocycles. The zero-order valence-electron chi connectivity index (χ0n) is 19.2. The monoisotopic (exact) mass is 470 g/mol. The van der Waals surface area contributed by atoms with Gasteiger partial charge in [0.15, 0.2) is 0 Å². The number of esters is 1. The highest BCUT2D eigenvalue weighted by Gasteiger charge is 2.34. The summed E-state index contributed by atoms with van der Waals surface area (Å²) in [5.41, 5.74) is 1.12. The number of hydrogen-bond donors (Lipinski definition) is 3. The number of hydrogen-bond acceptors (Lipinski definition) is 7. The molecule has 3 rings (SSSR count). The number of nitrogens with zero attached hydrogens (tertiary/aromatic N) is 1. The Kier molecular flexibility index (Phi) is 9.07. The van der Waals surface area contributed by atoms with Gasteiger partial charge in [-0.15, -0.1) is 0 Å². The molecule has 0 radical (unpaired) electrons. The predicted octanol–water partition coefficient (Wildman–Crippen LogP) is 1.68. The van der Waals surface area contributed by atoms with Gasteiger partial charge in [0, 0.05) is 24.3 Å². The molecule has 10 heteroatoms. The molecule has 34 heavy (non-hydrogen) atoms. The van der Waals surface area contributed by atoms with Crippen LogP contribution in [0.4, 0.5) is 5.69 Å². The minimum atomic E-state index is -0.891. The zero-order valence-corrected chi connectivity index (χ0v) is 19.2. The van der Waals surface area contributed by atoms with Gasteiger partial charge in [-0.05, 0) is 42.8 Å². The lowest BCUT2D eigenvalue weighted by Crippen LogP contribution is -2.58. The Labute approximate surface area is 198 Å². The molecule has 1 atom stereocenters. The second kappa shape index (κ2) is 12.4. The average Bonchev–Trinajstić information content (AvgIpc) is 3.36. The summed E-state index contributed by atoms with van der Waals surface area (Å²) in [5.74, 6) is -0.753. The van der Waals surface area contributed by atoms with Crippen molar-refractivity contribution in [1.29, 1.82) is 0 Å². The number of benzene rings is 1. The first-order valence-corrected chi connectivity index (χ1v) is 11.3. The van der Waals surface area contributed by atoms with Crippen LogP contribution in [-0.4, -0.2) is 60.9 Å². The van der Waals surface area contributed by atoms with E-state index in [4.69, 9.17) is 9.15 Å². The Morgan fingerprint density at radius 2 is 2.00 bits per heavy atom. The van der Waals surface area contributed by atoms with E-state index in [1.54, 1.807) is 42.7 Å². The number of nitrogens with one attached hydrogen (secondary N) is 3. The van der Waals surface area contributed by atoms with Crippen molar-refractivity contribution in [2.75, 3.05) is 31.6 Å². The zero-order chi connectivity index (χ0) is 24.3. The molecule has 1 aromatic carbocycles. The highest BCUT2D eigenvalue weighted by atomic mass is 16.5. The Balaban J connectivity index is 1.50. The van der Waals surface area contributed by atoms with E-state index in [0.717, 1.165) is 12.8 Å². The van der Waals surface area contributed by atoms with Gasteiger partial charge < -0.3 is 30.0 Å². The van der Waals surface area contributed by atoms with Crippen molar-refractivity contribution in [3.05, 3.63) is 54.0 Å². The van der Waals surface area contributed by atoms with Crippen molar-refractivity contribution < 1.29 is 28.3 Å². The fourth-order valence-electron chi connectivity index (χ4n) is 3.46. The van der Waals surface area contributed by atoms with Gasteiger partial charge in [0.2, 0.25) is 11.8 Å². The molecule has 0 saturated carbocycles. The molecule has 182 valence electrons. The van der Waals surface area contributed by atoms with Crippen LogP contribution < -0.4 is 16.0 Å². The Morgan fingerprint density at radius 1 is 1.21 bits per heavy atom. The first-order valence-electron chi connectivity index (χ1n) is 11.3. The van der Waals surface area contributed by atoms with E-state index in [1.165, 1.54) is 4.90 Å². The molecule has 2 aromatic rings. The second-order valence-electron chi connectivity index (χ2n) is 7.87. The summed E-state index contributed by atoms with van der Waals surface area (Å²) >= 11 is 0. The van der Waals surface area contributed by atoms with Crippen LogP contribution in [0.5, 0.6) is 0 Å². The first-order chi connectivity index (χ1) is 16.5. The van der Waals surface area contributed by atoms with Gasteiger partial charge >= 0.3 is 5.97 Å². The Hall–Kier alpha value is -3.82. The maximum atomic E-state index is 12.8. The molecular weight excluding hydrogens is 440 g/mol. The number of rotatable bonds is 11. The number of carbonyl (C=O) groups excluding carboxylic acids is 4. The third kappa shape index (κ3) is 7.09. The summed E-state index contributed by atoms with van der Waals surface area (Å²) < 4.78 is 10.3. The summed E-state index contributed by atoms with van der Waals surface area (Å²) in [6.45, 7) is 3.16. The van der Waals surface area contributed by atoms with Crippen LogP contribution in [0.1, 0.15) is 42.3 Å². The van der Waals surface area contributed by atoms with Crippen molar-refractivity contribution in [2.24, 2.45) is 0 Å². The van der Waals surface area contributed by atoms with Crippen LogP contribution in [0.2, 0.25) is 0 Å². The number of amides is 3. The summed E-state index contributed by atoms with van der Waals surface area (Å²) in [5, 5.41) is 8.47. The topological polar surface area (TPSA) is 130 Å². The molecule has 3 N–H and O–H groups in total. The number of furan rings is 1. The van der Waals surface area contributed by atoms with Gasteiger partial charge in [0.25, 0.3) is 5.91 Å². The summed E-state index contributed by atoms with van der Waals surface area (Å²) in [6, 6.07) is 9.32. The average molecular weight is 471 g/mol. The maximum Gasteiger partial charge on any atom is 0.308 e. The van der Waals surface area contributed by atoms with Gasteiger partial charge in [0.1, 0.15) is 11.8 Å². The van der Waals surface area contributed by atoms with E-state index < -0.39 is 12.0 Å². The van der Waals surface area contributed by atoms with Crippen molar-refractivity contribution >= 4 is 29.4 Å². The van der Waals surface area contributed by atoms with Crippen molar-refractivity contribution in [3.63, 3.8) is 0 Å². The van der Waals surface area contributed by atoms with E-state index >= 15 is 0 Å². The number of ether oxygens (including phenoxy) is 1. The van der Waals surface area contributed by atoms with E-state index in [9.17, 15) is 19.2 Å². The Bertz CT molecular complexity index is 974. The van der Waals surface area contributed by atoms with E-state index in [0.29, 0.717) is 36.7 Å². The molecular formula is C24H30N4O6. The van der Waals surface area contributed by atoms with Crippen LogP contribution in [0.25, 0.3) is 0 Å². The molecule has 2 heterocycles. The Morgan fingerprint density at radius 3 is 2.71 bits per heavy atom. The lowest BCUT2D eigenvalue weighted by molar-refractivity contribution is -0.151. The van der Waals surface area contributed by atoms with Crippen LogP contribution in [0, 0.1) is 0 Å². The number of piperazine rings is 1. The summed E-state index contributed by atoms with van der Waals surface area (Å²) in [6.07, 6.45) is 3.01. The molecule has 0 spiro atoms. The van der Waals surface area contributed by atoms with Crippen LogP contribution in [0.3, 0.4) is 0 Å². The number of anilines is 1. The van der Waals surface area contributed by atoms with Gasteiger partial charge in [-0.2, -0.15) is 0 Å². The van der Waals surface area contributed by atoms with Crippen molar-refractivity contribution in [1.82, 2.24) is 15.5 Å². The SMILES string of the molecule is CCCCOC(=O)CC1C(=O)NCCN1C(=O)CNc1ccc(C(=O)NCc2ccco2)cc1. The fourth-order valence-corrected chi connectivity index (χ4v) is 3.46. The lowest BCUT2D eigenvalue weighted by atomic mass is 10.1.